The summed E-state index contributed by atoms with van der Waals surface area (Å²) in [6.07, 6.45) is 0. The van der Waals surface area contributed by atoms with E-state index < -0.39 is 10.8 Å². The number of nitrogens with two attached hydrogens (primary N) is 1. The number of hydrogen-bond acceptors (Lipinski definition) is 5. The second-order valence-corrected chi connectivity index (χ2v) is 5.84. The third kappa shape index (κ3) is 2.75. The van der Waals surface area contributed by atoms with Crippen LogP contribution in [0.5, 0.6) is 5.75 Å². The predicted molar refractivity (Wildman–Crippen MR) is 81.5 cm³/mol. The maximum absolute atomic E-state index is 12.4. The van der Waals surface area contributed by atoms with Gasteiger partial charge in [0, 0.05) is 11.3 Å². The zero-order chi connectivity index (χ0) is 14.8. The number of benzene rings is 2. The molecule has 3 rings (SSSR count). The van der Waals surface area contributed by atoms with Crippen LogP contribution in [0.4, 0.5) is 5.69 Å². The lowest BCUT2D eigenvalue weighted by molar-refractivity contribution is 0.411. The van der Waals surface area contributed by atoms with Crippen LogP contribution < -0.4 is 10.5 Å². The van der Waals surface area contributed by atoms with E-state index in [9.17, 15) is 4.21 Å². The molecular formula is C15H14N2O3S. The first-order valence-corrected chi connectivity index (χ1v) is 7.65. The molecule has 0 spiro atoms. The zero-order valence-electron chi connectivity index (χ0n) is 11.4. The van der Waals surface area contributed by atoms with Crippen molar-refractivity contribution in [3.8, 4) is 5.75 Å². The lowest BCUT2D eigenvalue weighted by Gasteiger charge is -2.06. The number of ether oxygens (including phenoxy) is 1. The molecule has 6 heteroatoms. The van der Waals surface area contributed by atoms with Gasteiger partial charge in [0.05, 0.1) is 12.9 Å². The molecule has 0 aliphatic carbocycles. The van der Waals surface area contributed by atoms with Gasteiger partial charge < -0.3 is 14.9 Å². The largest absolute Gasteiger partial charge is 0.496 e. The Morgan fingerprint density at radius 3 is 2.90 bits per heavy atom. The molecule has 0 radical (unpaired) electrons. The van der Waals surface area contributed by atoms with Crippen LogP contribution in [-0.4, -0.2) is 16.3 Å². The van der Waals surface area contributed by atoms with Gasteiger partial charge >= 0.3 is 0 Å². The van der Waals surface area contributed by atoms with Crippen LogP contribution in [-0.2, 0) is 16.6 Å². The molecule has 0 amide bonds. The Morgan fingerprint density at radius 2 is 2.10 bits per heavy atom. The Morgan fingerprint density at radius 1 is 1.29 bits per heavy atom. The fraction of sp³-hybridized carbons (Fsp3) is 0.133. The molecule has 21 heavy (non-hydrogen) atoms. The molecule has 1 unspecified atom stereocenters. The Balaban J connectivity index is 1.90. The number of oxazole rings is 1. The van der Waals surface area contributed by atoms with Crippen molar-refractivity contribution in [3.05, 3.63) is 48.0 Å². The van der Waals surface area contributed by atoms with E-state index in [-0.39, 0.29) is 11.0 Å². The van der Waals surface area contributed by atoms with Gasteiger partial charge in [-0.1, -0.05) is 18.2 Å². The van der Waals surface area contributed by atoms with Gasteiger partial charge in [-0.15, -0.1) is 0 Å². The topological polar surface area (TPSA) is 78.3 Å². The maximum Gasteiger partial charge on any atom is 0.288 e. The summed E-state index contributed by atoms with van der Waals surface area (Å²) in [6.45, 7) is 0. The van der Waals surface area contributed by atoms with Gasteiger partial charge in [0.2, 0.25) is 0 Å². The lowest BCUT2D eigenvalue weighted by Crippen LogP contribution is -1.99. The van der Waals surface area contributed by atoms with Crippen LogP contribution in [0.15, 0.2) is 52.1 Å². The Labute approximate surface area is 124 Å². The molecule has 1 aromatic heterocycles. The highest BCUT2D eigenvalue weighted by molar-refractivity contribution is 7.84. The van der Waals surface area contributed by atoms with E-state index in [1.165, 1.54) is 0 Å². The second kappa shape index (κ2) is 5.57. The summed E-state index contributed by atoms with van der Waals surface area (Å²) in [5, 5.41) is 0.196. The average Bonchev–Trinajstić information content (AvgIpc) is 2.91. The fourth-order valence-electron chi connectivity index (χ4n) is 2.05. The number of para-hydroxylation sites is 1. The third-order valence-corrected chi connectivity index (χ3v) is 4.20. The molecule has 108 valence electrons. The highest BCUT2D eigenvalue weighted by Crippen LogP contribution is 2.24. The van der Waals surface area contributed by atoms with E-state index in [4.69, 9.17) is 14.9 Å². The molecule has 2 N–H and O–H groups in total. The van der Waals surface area contributed by atoms with Crippen molar-refractivity contribution in [2.75, 3.05) is 12.8 Å². The van der Waals surface area contributed by atoms with E-state index >= 15 is 0 Å². The normalized spacial score (nSPS) is 12.4. The van der Waals surface area contributed by atoms with Crippen LogP contribution in [0.2, 0.25) is 0 Å². The van der Waals surface area contributed by atoms with Crippen molar-refractivity contribution in [2.24, 2.45) is 0 Å². The summed E-state index contributed by atoms with van der Waals surface area (Å²) in [4.78, 5) is 4.24. The number of anilines is 1. The van der Waals surface area contributed by atoms with Crippen molar-refractivity contribution in [1.29, 1.82) is 0 Å². The average molecular weight is 302 g/mol. The standard InChI is InChI=1S/C15H14N2O3S/c1-19-13-5-3-2-4-10(13)9-21(18)15-17-12-8-11(16)6-7-14(12)20-15/h2-8H,9,16H2,1H3. The molecule has 3 aromatic rings. The molecule has 5 nitrogen and oxygen atoms in total. The van der Waals surface area contributed by atoms with Gasteiger partial charge in [-0.3, -0.25) is 0 Å². The summed E-state index contributed by atoms with van der Waals surface area (Å²) < 4.78 is 23.2. The first-order valence-electron chi connectivity index (χ1n) is 6.33. The smallest absolute Gasteiger partial charge is 0.288 e. The van der Waals surface area contributed by atoms with E-state index in [0.717, 1.165) is 5.56 Å². The molecule has 0 aliphatic rings. The Hall–Kier alpha value is -2.34. The molecule has 0 bridgehead atoms. The van der Waals surface area contributed by atoms with Crippen LogP contribution in [0, 0.1) is 0 Å². The van der Waals surface area contributed by atoms with Crippen molar-refractivity contribution < 1.29 is 13.4 Å². The minimum Gasteiger partial charge on any atom is -0.496 e. The highest BCUT2D eigenvalue weighted by Gasteiger charge is 2.15. The van der Waals surface area contributed by atoms with E-state index in [1.807, 2.05) is 24.3 Å². The SMILES string of the molecule is COc1ccccc1CS(=O)c1nc2cc(N)ccc2o1. The number of nitrogens with zero attached hydrogens (tertiary/aromatic N) is 1. The molecular weight excluding hydrogens is 288 g/mol. The number of aromatic nitrogens is 1. The molecule has 0 saturated carbocycles. The molecule has 2 aromatic carbocycles. The van der Waals surface area contributed by atoms with Gasteiger partial charge in [-0.05, 0) is 24.3 Å². The van der Waals surface area contributed by atoms with Gasteiger partial charge in [0.25, 0.3) is 5.22 Å². The molecule has 0 saturated heterocycles. The van der Waals surface area contributed by atoms with E-state index in [2.05, 4.69) is 4.98 Å². The molecule has 0 aliphatic heterocycles. The molecule has 1 heterocycles. The number of fused-ring (bicyclic) bond motifs is 1. The predicted octanol–water partition coefficient (Wildman–Crippen LogP) is 2.73. The maximum atomic E-state index is 12.4. The minimum atomic E-state index is -1.38. The Kier molecular flexibility index (Phi) is 3.62. The summed E-state index contributed by atoms with van der Waals surface area (Å²) in [5.41, 5.74) is 8.33. The monoisotopic (exact) mass is 302 g/mol. The second-order valence-electron chi connectivity index (χ2n) is 4.51. The van der Waals surface area contributed by atoms with Gasteiger partial charge in [0.1, 0.15) is 22.1 Å². The molecule has 1 atom stereocenters. The van der Waals surface area contributed by atoms with E-state index in [1.54, 1.807) is 25.3 Å². The van der Waals surface area contributed by atoms with Gasteiger partial charge in [-0.25, -0.2) is 9.19 Å². The summed E-state index contributed by atoms with van der Waals surface area (Å²) in [5.74, 6) is 0.984. The van der Waals surface area contributed by atoms with Crippen molar-refractivity contribution >= 4 is 27.6 Å². The van der Waals surface area contributed by atoms with Crippen molar-refractivity contribution in [3.63, 3.8) is 0 Å². The number of hydrogen-bond donors (Lipinski definition) is 1. The number of nitrogen functional groups attached to an aromatic ring is 1. The van der Waals surface area contributed by atoms with Crippen LogP contribution in [0.3, 0.4) is 0 Å². The first kappa shape index (κ1) is 13.6. The molecule has 0 fully saturated rings. The third-order valence-electron chi connectivity index (χ3n) is 3.07. The van der Waals surface area contributed by atoms with Gasteiger partial charge in [-0.2, -0.15) is 0 Å². The number of methoxy groups -OCH3 is 1. The van der Waals surface area contributed by atoms with Crippen molar-refractivity contribution in [2.45, 2.75) is 11.0 Å². The lowest BCUT2D eigenvalue weighted by atomic mass is 10.2. The first-order chi connectivity index (χ1) is 10.2. The van der Waals surface area contributed by atoms with Gasteiger partial charge in [0.15, 0.2) is 5.58 Å². The Bertz CT molecular complexity index is 814. The van der Waals surface area contributed by atoms with Crippen molar-refractivity contribution in [1.82, 2.24) is 4.98 Å². The van der Waals surface area contributed by atoms with Crippen LogP contribution >= 0.6 is 0 Å². The summed E-state index contributed by atoms with van der Waals surface area (Å²) >= 11 is 0. The summed E-state index contributed by atoms with van der Waals surface area (Å²) in [7, 11) is 0.203. The quantitative estimate of drug-likeness (QED) is 0.750. The van der Waals surface area contributed by atoms with Crippen LogP contribution in [0.25, 0.3) is 11.1 Å². The minimum absolute atomic E-state index is 0.196. The number of rotatable bonds is 4. The highest BCUT2D eigenvalue weighted by atomic mass is 32.2. The zero-order valence-corrected chi connectivity index (χ0v) is 12.2. The summed E-state index contributed by atoms with van der Waals surface area (Å²) in [6, 6.07) is 12.6. The fourth-order valence-corrected chi connectivity index (χ4v) is 3.07. The van der Waals surface area contributed by atoms with E-state index in [0.29, 0.717) is 22.5 Å². The van der Waals surface area contributed by atoms with Crippen LogP contribution in [0.1, 0.15) is 5.56 Å².